The maximum atomic E-state index is 10.7. The van der Waals surface area contributed by atoms with E-state index in [4.69, 9.17) is 9.47 Å². The SMILES string of the molecule is COc1ccccc1O[C@@H]1C[C@@H]2CN(Cc3c[nH]c4cccnc34)C[C@@H]2C[C@H]1O. The topological polar surface area (TPSA) is 70.6 Å². The molecule has 6 heteroatoms. The summed E-state index contributed by atoms with van der Waals surface area (Å²) in [6.45, 7) is 2.93. The number of hydrogen-bond acceptors (Lipinski definition) is 5. The molecular weight excluding hydrogens is 366 g/mol. The monoisotopic (exact) mass is 393 g/mol. The molecule has 0 unspecified atom stereocenters. The molecule has 1 aliphatic heterocycles. The fourth-order valence-electron chi connectivity index (χ4n) is 4.99. The van der Waals surface area contributed by atoms with Crippen molar-refractivity contribution in [1.82, 2.24) is 14.9 Å². The number of fused-ring (bicyclic) bond motifs is 2. The Hall–Kier alpha value is -2.57. The summed E-state index contributed by atoms with van der Waals surface area (Å²) in [5.74, 6) is 2.47. The number of hydrogen-bond donors (Lipinski definition) is 2. The van der Waals surface area contributed by atoms with Gasteiger partial charge in [-0.1, -0.05) is 12.1 Å². The van der Waals surface area contributed by atoms with Gasteiger partial charge in [-0.25, -0.2) is 0 Å². The Morgan fingerprint density at radius 1 is 1.10 bits per heavy atom. The summed E-state index contributed by atoms with van der Waals surface area (Å²) >= 11 is 0. The van der Waals surface area contributed by atoms with Gasteiger partial charge in [-0.05, 0) is 48.9 Å². The molecule has 29 heavy (non-hydrogen) atoms. The normalized spacial score (nSPS) is 27.1. The van der Waals surface area contributed by atoms with Crippen LogP contribution in [0, 0.1) is 11.8 Å². The summed E-state index contributed by atoms with van der Waals surface area (Å²) < 4.78 is 11.6. The average Bonchev–Trinajstić information content (AvgIpc) is 3.32. The van der Waals surface area contributed by atoms with E-state index < -0.39 is 6.10 Å². The van der Waals surface area contributed by atoms with Gasteiger partial charge < -0.3 is 19.6 Å². The lowest BCUT2D eigenvalue weighted by molar-refractivity contribution is -0.0240. The number of aromatic nitrogens is 2. The highest BCUT2D eigenvalue weighted by Gasteiger charge is 2.42. The number of methoxy groups -OCH3 is 1. The highest BCUT2D eigenvalue weighted by atomic mass is 16.5. The van der Waals surface area contributed by atoms with E-state index in [0.717, 1.165) is 43.5 Å². The first-order valence-corrected chi connectivity index (χ1v) is 10.3. The molecule has 1 saturated heterocycles. The van der Waals surface area contributed by atoms with Crippen molar-refractivity contribution in [2.24, 2.45) is 11.8 Å². The average molecular weight is 393 g/mol. The standard InChI is InChI=1S/C23H27N3O3/c1-28-20-6-2-3-7-21(20)29-22-10-16-13-26(12-15(16)9-19(22)27)14-17-11-25-18-5-4-8-24-23(17)18/h2-8,11,15-16,19,22,25,27H,9-10,12-14H2,1H3/t15-,16+,19+,22+/m0/s1. The molecule has 2 N–H and O–H groups in total. The van der Waals surface area contributed by atoms with Gasteiger partial charge in [-0.15, -0.1) is 0 Å². The highest BCUT2D eigenvalue weighted by molar-refractivity contribution is 5.78. The molecule has 1 aromatic carbocycles. The third kappa shape index (κ3) is 3.58. The van der Waals surface area contributed by atoms with E-state index >= 15 is 0 Å². The molecule has 6 nitrogen and oxygen atoms in total. The number of likely N-dealkylation sites (tertiary alicyclic amines) is 1. The molecule has 0 spiro atoms. The van der Waals surface area contributed by atoms with E-state index in [-0.39, 0.29) is 6.10 Å². The number of aromatic amines is 1. The van der Waals surface area contributed by atoms with Crippen molar-refractivity contribution >= 4 is 11.0 Å². The Bertz CT molecular complexity index is 988. The van der Waals surface area contributed by atoms with Crippen LogP contribution in [0.3, 0.4) is 0 Å². The zero-order valence-corrected chi connectivity index (χ0v) is 16.6. The quantitative estimate of drug-likeness (QED) is 0.697. The van der Waals surface area contributed by atoms with Crippen molar-refractivity contribution in [3.8, 4) is 11.5 Å². The number of H-pyrrole nitrogens is 1. The summed E-state index contributed by atoms with van der Waals surface area (Å²) in [4.78, 5) is 10.3. The molecule has 4 atom stereocenters. The molecule has 5 rings (SSSR count). The fraction of sp³-hybridized carbons (Fsp3) is 0.435. The van der Waals surface area contributed by atoms with E-state index in [2.05, 4.69) is 27.1 Å². The van der Waals surface area contributed by atoms with Gasteiger partial charge in [0.2, 0.25) is 0 Å². The highest BCUT2D eigenvalue weighted by Crippen LogP contribution is 2.39. The van der Waals surface area contributed by atoms with Crippen molar-refractivity contribution in [2.75, 3.05) is 20.2 Å². The summed E-state index contributed by atoms with van der Waals surface area (Å²) in [5.41, 5.74) is 3.38. The number of pyridine rings is 1. The molecule has 152 valence electrons. The van der Waals surface area contributed by atoms with Crippen LogP contribution >= 0.6 is 0 Å². The molecule has 0 bridgehead atoms. The van der Waals surface area contributed by atoms with Crippen LogP contribution in [0.15, 0.2) is 48.8 Å². The Morgan fingerprint density at radius 2 is 1.90 bits per heavy atom. The second-order valence-corrected chi connectivity index (χ2v) is 8.27. The van der Waals surface area contributed by atoms with E-state index in [1.807, 2.05) is 36.5 Å². The zero-order valence-electron chi connectivity index (χ0n) is 16.6. The Labute approximate surface area is 170 Å². The molecule has 2 aromatic heterocycles. The summed E-state index contributed by atoms with van der Waals surface area (Å²) in [5, 5.41) is 10.7. The number of benzene rings is 1. The van der Waals surface area contributed by atoms with Crippen LogP contribution < -0.4 is 9.47 Å². The van der Waals surface area contributed by atoms with Crippen LogP contribution in [-0.4, -0.2) is 52.4 Å². The van der Waals surface area contributed by atoms with Gasteiger partial charge in [-0.3, -0.25) is 9.88 Å². The van der Waals surface area contributed by atoms with E-state index in [9.17, 15) is 5.11 Å². The molecule has 2 fully saturated rings. The summed E-state index contributed by atoms with van der Waals surface area (Å²) in [6.07, 6.45) is 4.93. The lowest BCUT2D eigenvalue weighted by Crippen LogP contribution is -2.42. The number of nitrogens with zero attached hydrogens (tertiary/aromatic N) is 2. The first kappa shape index (κ1) is 18.5. The molecule has 3 aromatic rings. The summed E-state index contributed by atoms with van der Waals surface area (Å²) in [7, 11) is 1.64. The molecule has 2 aliphatic rings. The van der Waals surface area contributed by atoms with Gasteiger partial charge >= 0.3 is 0 Å². The third-order valence-corrected chi connectivity index (χ3v) is 6.42. The largest absolute Gasteiger partial charge is 0.493 e. The first-order valence-electron chi connectivity index (χ1n) is 10.3. The number of aliphatic hydroxyl groups is 1. The fourth-order valence-corrected chi connectivity index (χ4v) is 4.99. The number of aliphatic hydroxyl groups excluding tert-OH is 1. The zero-order chi connectivity index (χ0) is 19.8. The van der Waals surface area contributed by atoms with Crippen LogP contribution in [0.2, 0.25) is 0 Å². The molecule has 0 amide bonds. The minimum Gasteiger partial charge on any atom is -0.493 e. The molecule has 1 saturated carbocycles. The second-order valence-electron chi connectivity index (χ2n) is 8.27. The van der Waals surface area contributed by atoms with Gasteiger partial charge in [0, 0.05) is 37.6 Å². The Kier molecular flexibility index (Phi) is 4.89. The Balaban J connectivity index is 1.26. The number of rotatable bonds is 5. The van der Waals surface area contributed by atoms with E-state index in [0.29, 0.717) is 23.3 Å². The molecule has 3 heterocycles. The molecule has 0 radical (unpaired) electrons. The summed E-state index contributed by atoms with van der Waals surface area (Å²) in [6, 6.07) is 11.7. The van der Waals surface area contributed by atoms with Gasteiger partial charge in [-0.2, -0.15) is 0 Å². The first-order chi connectivity index (χ1) is 14.2. The third-order valence-electron chi connectivity index (χ3n) is 6.42. The maximum absolute atomic E-state index is 10.7. The Morgan fingerprint density at radius 3 is 2.72 bits per heavy atom. The minimum absolute atomic E-state index is 0.192. The second kappa shape index (κ2) is 7.69. The van der Waals surface area contributed by atoms with Crippen molar-refractivity contribution < 1.29 is 14.6 Å². The van der Waals surface area contributed by atoms with Crippen LogP contribution in [0.1, 0.15) is 18.4 Å². The predicted molar refractivity (Wildman–Crippen MR) is 111 cm³/mol. The van der Waals surface area contributed by atoms with Crippen molar-refractivity contribution in [1.29, 1.82) is 0 Å². The van der Waals surface area contributed by atoms with Gasteiger partial charge in [0.25, 0.3) is 0 Å². The van der Waals surface area contributed by atoms with E-state index in [1.54, 1.807) is 7.11 Å². The number of para-hydroxylation sites is 2. The van der Waals surface area contributed by atoms with Crippen molar-refractivity contribution in [3.05, 3.63) is 54.4 Å². The van der Waals surface area contributed by atoms with Crippen LogP contribution in [0.4, 0.5) is 0 Å². The lowest BCUT2D eigenvalue weighted by Gasteiger charge is -2.35. The van der Waals surface area contributed by atoms with E-state index in [1.165, 1.54) is 5.56 Å². The lowest BCUT2D eigenvalue weighted by atomic mass is 9.78. The number of ether oxygens (including phenoxy) is 2. The molecular formula is C23H27N3O3. The minimum atomic E-state index is -0.448. The van der Waals surface area contributed by atoms with Crippen LogP contribution in [-0.2, 0) is 6.54 Å². The number of nitrogens with one attached hydrogen (secondary N) is 1. The van der Waals surface area contributed by atoms with Crippen LogP contribution in [0.25, 0.3) is 11.0 Å². The maximum Gasteiger partial charge on any atom is 0.161 e. The predicted octanol–water partition coefficient (Wildman–Crippen LogP) is 3.22. The van der Waals surface area contributed by atoms with Gasteiger partial charge in [0.1, 0.15) is 6.10 Å². The van der Waals surface area contributed by atoms with Crippen molar-refractivity contribution in [2.45, 2.75) is 31.6 Å². The van der Waals surface area contributed by atoms with Crippen LogP contribution in [0.5, 0.6) is 11.5 Å². The smallest absolute Gasteiger partial charge is 0.161 e. The van der Waals surface area contributed by atoms with Gasteiger partial charge in [0.15, 0.2) is 11.5 Å². The molecule has 1 aliphatic carbocycles. The van der Waals surface area contributed by atoms with Gasteiger partial charge in [0.05, 0.1) is 24.2 Å². The van der Waals surface area contributed by atoms with Crippen molar-refractivity contribution in [3.63, 3.8) is 0 Å².